The molecular weight excluding hydrogens is 438 g/mol. The molecule has 2 heterocycles. The number of benzene rings is 2. The fourth-order valence-electron chi connectivity index (χ4n) is 3.14. The van der Waals surface area contributed by atoms with Crippen LogP contribution in [-0.4, -0.2) is 44.9 Å². The van der Waals surface area contributed by atoms with E-state index in [2.05, 4.69) is 17.7 Å². The van der Waals surface area contributed by atoms with Gasteiger partial charge in [0.25, 0.3) is 5.56 Å². The van der Waals surface area contributed by atoms with E-state index in [4.69, 9.17) is 21.1 Å². The van der Waals surface area contributed by atoms with Crippen LogP contribution < -0.4 is 15.0 Å². The van der Waals surface area contributed by atoms with Crippen LogP contribution in [0.25, 0.3) is 22.3 Å². The topological polar surface area (TPSA) is 78.0 Å². The third-order valence-electron chi connectivity index (χ3n) is 4.77. The number of hydrogen-bond acceptors (Lipinski definition) is 6. The predicted molar refractivity (Wildman–Crippen MR) is 123 cm³/mol. The van der Waals surface area contributed by atoms with Crippen molar-refractivity contribution in [1.82, 2.24) is 14.2 Å². The summed E-state index contributed by atoms with van der Waals surface area (Å²) < 4.78 is 14.0. The molecule has 1 N–H and O–H groups in total. The van der Waals surface area contributed by atoms with Gasteiger partial charge in [-0.15, -0.1) is 0 Å². The number of hydrogen-bond donors (Lipinski definition) is 2. The Bertz CT molecular complexity index is 1270. The first-order chi connectivity index (χ1) is 15.0. The summed E-state index contributed by atoms with van der Waals surface area (Å²) >= 11 is 9.99. The molecule has 0 unspecified atom stereocenters. The largest absolute Gasteiger partial charge is 0.493 e. The monoisotopic (exact) mass is 457 g/mol. The molecular formula is C22H20ClN3O4S. The highest BCUT2D eigenvalue weighted by atomic mass is 35.5. The van der Waals surface area contributed by atoms with E-state index in [1.807, 2.05) is 12.1 Å². The molecule has 2 aromatic heterocycles. The van der Waals surface area contributed by atoms with E-state index in [9.17, 15) is 9.90 Å². The van der Waals surface area contributed by atoms with Crippen LogP contribution in [0, 0.1) is 0 Å². The molecule has 0 amide bonds. The molecule has 0 aliphatic carbocycles. The lowest BCUT2D eigenvalue weighted by atomic mass is 10.1. The molecule has 31 heavy (non-hydrogen) atoms. The van der Waals surface area contributed by atoms with Gasteiger partial charge in [-0.05, 0) is 35.9 Å². The molecule has 0 bridgehead atoms. The van der Waals surface area contributed by atoms with Crippen LogP contribution in [0.5, 0.6) is 11.5 Å². The highest BCUT2D eigenvalue weighted by molar-refractivity contribution is 7.80. The van der Waals surface area contributed by atoms with Crippen LogP contribution in [0.1, 0.15) is 0 Å². The highest BCUT2D eigenvalue weighted by Crippen LogP contribution is 2.29. The van der Waals surface area contributed by atoms with Gasteiger partial charge in [0.1, 0.15) is 18.5 Å². The minimum absolute atomic E-state index is 0.0876. The summed E-state index contributed by atoms with van der Waals surface area (Å²) in [6.45, 7) is 0.0876. The Morgan fingerprint density at radius 2 is 1.90 bits per heavy atom. The number of rotatable bonds is 7. The van der Waals surface area contributed by atoms with E-state index in [-0.39, 0.29) is 17.9 Å². The van der Waals surface area contributed by atoms with E-state index in [1.54, 1.807) is 47.1 Å². The number of aromatic nitrogens is 3. The van der Waals surface area contributed by atoms with Gasteiger partial charge in [0.15, 0.2) is 11.5 Å². The number of thiol groups is 1. The van der Waals surface area contributed by atoms with E-state index in [1.165, 1.54) is 18.0 Å². The standard InChI is InChI=1S/C22H20ClN3O4S/c1-29-21-9-17(6-7-20(21)30-11-18(27)12-31)25-13-24-26-10-15(8-19(26)22(25)28)14-2-4-16(23)5-3-14/h2-10,13,18,27,31H,11-12H2,1H3/t18-/m0/s1. The SMILES string of the molecule is COc1cc(-n2cnn3cc(-c4ccc(Cl)cc4)cc3c2=O)ccc1OC[C@H](O)CS. The Balaban J connectivity index is 1.70. The molecule has 0 radical (unpaired) electrons. The van der Waals surface area contributed by atoms with Crippen molar-refractivity contribution in [2.45, 2.75) is 6.10 Å². The lowest BCUT2D eigenvalue weighted by molar-refractivity contribution is 0.124. The summed E-state index contributed by atoms with van der Waals surface area (Å²) in [4.78, 5) is 13.1. The maximum atomic E-state index is 13.1. The van der Waals surface area contributed by atoms with Crippen molar-refractivity contribution in [3.8, 4) is 28.3 Å². The average molecular weight is 458 g/mol. The molecule has 0 fully saturated rings. The summed E-state index contributed by atoms with van der Waals surface area (Å²) in [6.07, 6.45) is 2.57. The van der Waals surface area contributed by atoms with Gasteiger partial charge in [-0.2, -0.15) is 17.7 Å². The molecule has 0 saturated carbocycles. The van der Waals surface area contributed by atoms with Gasteiger partial charge in [0.05, 0.1) is 18.9 Å². The van der Waals surface area contributed by atoms with Gasteiger partial charge in [-0.1, -0.05) is 23.7 Å². The summed E-state index contributed by atoms with van der Waals surface area (Å²) in [6, 6.07) is 14.3. The van der Waals surface area contributed by atoms with Crippen molar-refractivity contribution < 1.29 is 14.6 Å². The Morgan fingerprint density at radius 3 is 2.61 bits per heavy atom. The zero-order chi connectivity index (χ0) is 22.0. The smallest absolute Gasteiger partial charge is 0.282 e. The van der Waals surface area contributed by atoms with Gasteiger partial charge in [-0.3, -0.25) is 9.36 Å². The first kappa shape index (κ1) is 21.3. The summed E-state index contributed by atoms with van der Waals surface area (Å²) in [5.74, 6) is 1.19. The number of nitrogens with zero attached hydrogens (tertiary/aromatic N) is 3. The first-order valence-corrected chi connectivity index (χ1v) is 10.5. The van der Waals surface area contributed by atoms with Gasteiger partial charge in [-0.25, -0.2) is 4.52 Å². The molecule has 4 rings (SSSR count). The molecule has 160 valence electrons. The van der Waals surface area contributed by atoms with Crippen LogP contribution >= 0.6 is 24.2 Å². The van der Waals surface area contributed by atoms with E-state index < -0.39 is 6.10 Å². The molecule has 2 aromatic carbocycles. The zero-order valence-corrected chi connectivity index (χ0v) is 18.3. The quantitative estimate of drug-likeness (QED) is 0.415. The number of aliphatic hydroxyl groups excluding tert-OH is 1. The summed E-state index contributed by atoms with van der Waals surface area (Å²) in [5, 5.41) is 14.7. The van der Waals surface area contributed by atoms with Crippen molar-refractivity contribution >= 4 is 29.7 Å². The minimum atomic E-state index is -0.689. The third-order valence-corrected chi connectivity index (χ3v) is 5.45. The normalized spacial score (nSPS) is 12.1. The van der Waals surface area contributed by atoms with E-state index in [0.717, 1.165) is 11.1 Å². The molecule has 0 saturated heterocycles. The van der Waals surface area contributed by atoms with Crippen LogP contribution in [0.2, 0.25) is 5.02 Å². The Hall–Kier alpha value is -2.94. The Morgan fingerprint density at radius 1 is 1.13 bits per heavy atom. The second kappa shape index (κ2) is 9.05. The molecule has 9 heteroatoms. The van der Waals surface area contributed by atoms with Crippen molar-refractivity contribution in [2.24, 2.45) is 0 Å². The van der Waals surface area contributed by atoms with Gasteiger partial charge < -0.3 is 14.6 Å². The summed E-state index contributed by atoms with van der Waals surface area (Å²) in [7, 11) is 1.51. The minimum Gasteiger partial charge on any atom is -0.493 e. The second-order valence-electron chi connectivity index (χ2n) is 6.85. The maximum Gasteiger partial charge on any atom is 0.282 e. The van der Waals surface area contributed by atoms with E-state index >= 15 is 0 Å². The molecule has 0 aliphatic heterocycles. The lowest BCUT2D eigenvalue weighted by Gasteiger charge is -2.14. The third kappa shape index (κ3) is 4.41. The van der Waals surface area contributed by atoms with Crippen molar-refractivity contribution in [3.63, 3.8) is 0 Å². The first-order valence-electron chi connectivity index (χ1n) is 9.46. The van der Waals surface area contributed by atoms with Gasteiger partial charge in [0.2, 0.25) is 0 Å². The molecule has 1 atom stereocenters. The van der Waals surface area contributed by atoms with Gasteiger partial charge in [0, 0.05) is 28.6 Å². The van der Waals surface area contributed by atoms with Crippen LogP contribution in [0.15, 0.2) is 65.8 Å². The van der Waals surface area contributed by atoms with Crippen LogP contribution in [0.3, 0.4) is 0 Å². The van der Waals surface area contributed by atoms with Crippen molar-refractivity contribution in [2.75, 3.05) is 19.5 Å². The number of halogens is 1. The fraction of sp³-hybridized carbons (Fsp3) is 0.182. The number of fused-ring (bicyclic) bond motifs is 1. The Kier molecular flexibility index (Phi) is 6.22. The average Bonchev–Trinajstić information content (AvgIpc) is 3.23. The lowest BCUT2D eigenvalue weighted by Crippen LogP contribution is -2.21. The maximum absolute atomic E-state index is 13.1. The number of ether oxygens (including phenoxy) is 2. The second-order valence-corrected chi connectivity index (χ2v) is 7.66. The Labute approximate surface area is 188 Å². The van der Waals surface area contributed by atoms with Crippen LogP contribution in [0.4, 0.5) is 0 Å². The predicted octanol–water partition coefficient (Wildman–Crippen LogP) is 3.48. The molecule has 4 aromatic rings. The summed E-state index contributed by atoms with van der Waals surface area (Å²) in [5.41, 5.74) is 2.59. The number of methoxy groups -OCH3 is 1. The molecule has 7 nitrogen and oxygen atoms in total. The van der Waals surface area contributed by atoms with Crippen molar-refractivity contribution in [3.05, 3.63) is 76.4 Å². The molecule has 0 spiro atoms. The highest BCUT2D eigenvalue weighted by Gasteiger charge is 2.13. The van der Waals surface area contributed by atoms with Gasteiger partial charge >= 0.3 is 0 Å². The fourth-order valence-corrected chi connectivity index (χ4v) is 3.37. The van der Waals surface area contributed by atoms with E-state index in [0.29, 0.717) is 27.7 Å². The molecule has 0 aliphatic rings. The zero-order valence-electron chi connectivity index (χ0n) is 16.6. The van der Waals surface area contributed by atoms with Crippen LogP contribution in [-0.2, 0) is 0 Å². The number of aliphatic hydroxyl groups is 1. The van der Waals surface area contributed by atoms with Crippen molar-refractivity contribution in [1.29, 1.82) is 0 Å².